The molecule has 0 saturated heterocycles. The van der Waals surface area contributed by atoms with Crippen molar-refractivity contribution in [2.45, 2.75) is 38.5 Å². The van der Waals surface area contributed by atoms with Crippen LogP contribution in [0.15, 0.2) is 40.1 Å². The SMILES string of the molecule is CCOC(=O)Cc1csc(SCC(=O)c2cc(C)n(-c3ccc(C)cc3)c2C)n1. The number of rotatable bonds is 8. The van der Waals surface area contributed by atoms with Crippen LogP contribution in [0.3, 0.4) is 0 Å². The molecule has 0 aliphatic carbocycles. The molecule has 5 nitrogen and oxygen atoms in total. The minimum Gasteiger partial charge on any atom is -0.466 e. The molecule has 0 radical (unpaired) electrons. The van der Waals surface area contributed by atoms with E-state index in [0.29, 0.717) is 18.1 Å². The van der Waals surface area contributed by atoms with Crippen molar-refractivity contribution >= 4 is 34.9 Å². The molecule has 3 aromatic rings. The first-order valence-electron chi connectivity index (χ1n) is 9.41. The molecular weight excluding hydrogens is 404 g/mol. The molecule has 1 aromatic carbocycles. The predicted octanol–water partition coefficient (Wildman–Crippen LogP) is 4.94. The molecule has 152 valence electrons. The molecule has 0 N–H and O–H groups in total. The van der Waals surface area contributed by atoms with Crippen LogP contribution in [-0.2, 0) is 16.0 Å². The highest BCUT2D eigenvalue weighted by Crippen LogP contribution is 2.26. The molecule has 0 saturated carbocycles. The van der Waals surface area contributed by atoms with Crippen molar-refractivity contribution in [3.05, 3.63) is 63.9 Å². The Kier molecular flexibility index (Phi) is 6.92. The minimum atomic E-state index is -0.283. The molecule has 0 aliphatic heterocycles. The van der Waals surface area contributed by atoms with Crippen molar-refractivity contribution in [2.75, 3.05) is 12.4 Å². The Morgan fingerprint density at radius 2 is 1.90 bits per heavy atom. The molecule has 0 aliphatic rings. The van der Waals surface area contributed by atoms with Crippen LogP contribution in [0, 0.1) is 20.8 Å². The van der Waals surface area contributed by atoms with E-state index < -0.39 is 0 Å². The Morgan fingerprint density at radius 1 is 1.17 bits per heavy atom. The van der Waals surface area contributed by atoms with Gasteiger partial charge >= 0.3 is 5.97 Å². The van der Waals surface area contributed by atoms with Crippen molar-refractivity contribution < 1.29 is 14.3 Å². The Morgan fingerprint density at radius 3 is 2.59 bits per heavy atom. The van der Waals surface area contributed by atoms with Crippen LogP contribution in [0.2, 0.25) is 0 Å². The number of thioether (sulfide) groups is 1. The fourth-order valence-corrected chi connectivity index (χ4v) is 4.87. The minimum absolute atomic E-state index is 0.0728. The van der Waals surface area contributed by atoms with Crippen molar-refractivity contribution in [3.63, 3.8) is 0 Å². The zero-order valence-electron chi connectivity index (χ0n) is 17.0. The van der Waals surface area contributed by atoms with Crippen molar-refractivity contribution in [1.29, 1.82) is 0 Å². The number of esters is 1. The van der Waals surface area contributed by atoms with E-state index in [1.807, 2.05) is 25.3 Å². The third-order valence-electron chi connectivity index (χ3n) is 4.51. The predicted molar refractivity (Wildman–Crippen MR) is 117 cm³/mol. The van der Waals surface area contributed by atoms with Crippen molar-refractivity contribution in [3.8, 4) is 5.69 Å². The number of nitrogens with zero attached hydrogens (tertiary/aromatic N) is 2. The van der Waals surface area contributed by atoms with Gasteiger partial charge in [0.25, 0.3) is 0 Å². The van der Waals surface area contributed by atoms with E-state index in [2.05, 4.69) is 40.7 Å². The molecule has 7 heteroatoms. The summed E-state index contributed by atoms with van der Waals surface area (Å²) in [6, 6.07) is 10.2. The average molecular weight is 429 g/mol. The largest absolute Gasteiger partial charge is 0.466 e. The number of carbonyl (C=O) groups is 2. The molecule has 3 rings (SSSR count). The fraction of sp³-hybridized carbons (Fsp3) is 0.318. The Hall–Kier alpha value is -2.38. The Balaban J connectivity index is 1.67. The normalized spacial score (nSPS) is 10.9. The third-order valence-corrected chi connectivity index (χ3v) is 6.58. The van der Waals surface area contributed by atoms with E-state index in [4.69, 9.17) is 4.74 Å². The van der Waals surface area contributed by atoms with Gasteiger partial charge in [-0.25, -0.2) is 4.98 Å². The number of Topliss-reactive ketones (excluding diaryl/α,β-unsaturated/α-hetero) is 1. The van der Waals surface area contributed by atoms with Crippen LogP contribution >= 0.6 is 23.1 Å². The first kappa shape index (κ1) is 21.3. The highest BCUT2D eigenvalue weighted by Gasteiger charge is 2.18. The number of hydrogen-bond donors (Lipinski definition) is 0. The van der Waals surface area contributed by atoms with Crippen molar-refractivity contribution in [1.82, 2.24) is 9.55 Å². The Labute approximate surface area is 179 Å². The molecule has 0 spiro atoms. The molecular formula is C22H24N2O3S2. The summed E-state index contributed by atoms with van der Waals surface area (Å²) in [6.45, 7) is 8.19. The summed E-state index contributed by atoms with van der Waals surface area (Å²) in [5.74, 6) is 0.0995. The number of carbonyl (C=O) groups excluding carboxylic acids is 2. The maximum atomic E-state index is 12.8. The van der Waals surface area contributed by atoms with Gasteiger partial charge in [-0.2, -0.15) is 0 Å². The van der Waals surface area contributed by atoms with E-state index in [1.54, 1.807) is 6.92 Å². The van der Waals surface area contributed by atoms with Crippen LogP contribution in [0.25, 0.3) is 5.69 Å². The second-order valence-corrected chi connectivity index (χ2v) is 8.83. The van der Waals surface area contributed by atoms with Gasteiger partial charge in [-0.3, -0.25) is 9.59 Å². The number of benzene rings is 1. The van der Waals surface area contributed by atoms with Gasteiger partial charge in [-0.1, -0.05) is 29.5 Å². The van der Waals surface area contributed by atoms with Gasteiger partial charge in [-0.05, 0) is 45.9 Å². The van der Waals surface area contributed by atoms with Gasteiger partial charge < -0.3 is 9.30 Å². The standard InChI is InChI=1S/C22H24N2O3S2/c1-5-27-21(26)11-17-12-28-22(23-17)29-13-20(25)19-10-15(3)24(16(19)4)18-8-6-14(2)7-9-18/h6-10,12H,5,11,13H2,1-4H3. The highest BCUT2D eigenvalue weighted by atomic mass is 32.2. The van der Waals surface area contributed by atoms with Gasteiger partial charge in [0.2, 0.25) is 0 Å². The number of hydrogen-bond acceptors (Lipinski definition) is 6. The summed E-state index contributed by atoms with van der Waals surface area (Å²) < 4.78 is 7.83. The van der Waals surface area contributed by atoms with Crippen molar-refractivity contribution in [2.24, 2.45) is 0 Å². The number of ketones is 1. The van der Waals surface area contributed by atoms with E-state index in [1.165, 1.54) is 28.7 Å². The molecule has 0 fully saturated rings. The number of thiazole rings is 1. The zero-order valence-corrected chi connectivity index (χ0v) is 18.7. The first-order chi connectivity index (χ1) is 13.9. The maximum Gasteiger partial charge on any atom is 0.311 e. The van der Waals surface area contributed by atoms with Crippen LogP contribution in [0.4, 0.5) is 0 Å². The quantitative estimate of drug-likeness (QED) is 0.289. The summed E-state index contributed by atoms with van der Waals surface area (Å²) in [7, 11) is 0. The van der Waals surface area contributed by atoms with Gasteiger partial charge in [-0.15, -0.1) is 11.3 Å². The lowest BCUT2D eigenvalue weighted by Crippen LogP contribution is -2.07. The lowest BCUT2D eigenvalue weighted by Gasteiger charge is -2.10. The monoisotopic (exact) mass is 428 g/mol. The van der Waals surface area contributed by atoms with Gasteiger partial charge in [0, 0.05) is 28.0 Å². The van der Waals surface area contributed by atoms with E-state index >= 15 is 0 Å². The van der Waals surface area contributed by atoms with Crippen LogP contribution in [0.5, 0.6) is 0 Å². The second kappa shape index (κ2) is 9.41. The first-order valence-corrected chi connectivity index (χ1v) is 11.3. The van der Waals surface area contributed by atoms with E-state index in [0.717, 1.165) is 27.0 Å². The lowest BCUT2D eigenvalue weighted by atomic mass is 10.2. The zero-order chi connectivity index (χ0) is 21.0. The molecule has 2 heterocycles. The van der Waals surface area contributed by atoms with Gasteiger partial charge in [0.15, 0.2) is 10.1 Å². The Bertz CT molecular complexity index is 1020. The summed E-state index contributed by atoms with van der Waals surface area (Å²) >= 11 is 2.85. The molecule has 0 unspecified atom stereocenters. The van der Waals surface area contributed by atoms with Crippen LogP contribution in [-0.4, -0.2) is 33.7 Å². The molecule has 29 heavy (non-hydrogen) atoms. The molecule has 0 atom stereocenters. The van der Waals surface area contributed by atoms with Gasteiger partial charge in [0.1, 0.15) is 0 Å². The third kappa shape index (κ3) is 5.16. The molecule has 0 bridgehead atoms. The summed E-state index contributed by atoms with van der Waals surface area (Å²) in [4.78, 5) is 28.8. The molecule has 2 aromatic heterocycles. The molecule has 0 amide bonds. The van der Waals surface area contributed by atoms with Crippen LogP contribution in [0.1, 0.15) is 39.9 Å². The average Bonchev–Trinajstić information content (AvgIpc) is 3.24. The second-order valence-electron chi connectivity index (χ2n) is 6.75. The van der Waals surface area contributed by atoms with E-state index in [9.17, 15) is 9.59 Å². The fourth-order valence-electron chi connectivity index (χ4n) is 3.14. The highest BCUT2D eigenvalue weighted by molar-refractivity contribution is 8.01. The summed E-state index contributed by atoms with van der Waals surface area (Å²) in [5.41, 5.74) is 5.65. The topological polar surface area (TPSA) is 61.2 Å². The van der Waals surface area contributed by atoms with E-state index in [-0.39, 0.29) is 18.2 Å². The van der Waals surface area contributed by atoms with Crippen LogP contribution < -0.4 is 0 Å². The maximum absolute atomic E-state index is 12.8. The number of ether oxygens (including phenoxy) is 1. The smallest absolute Gasteiger partial charge is 0.311 e. The summed E-state index contributed by atoms with van der Waals surface area (Å²) in [5, 5.41) is 1.84. The number of aryl methyl sites for hydroxylation is 2. The lowest BCUT2D eigenvalue weighted by molar-refractivity contribution is -0.142. The summed E-state index contributed by atoms with van der Waals surface area (Å²) in [6.07, 6.45) is 0.163. The van der Waals surface area contributed by atoms with Gasteiger partial charge in [0.05, 0.1) is 24.5 Å². The number of aromatic nitrogens is 2.